The van der Waals surface area contributed by atoms with E-state index in [4.69, 9.17) is 0 Å². The van der Waals surface area contributed by atoms with Crippen LogP contribution in [-0.4, -0.2) is 22.9 Å². The molecule has 0 radical (unpaired) electrons. The number of carbonyl (C=O) groups excluding carboxylic acids is 2. The molecule has 0 spiro atoms. The Morgan fingerprint density at radius 1 is 0.897 bits per heavy atom. The second-order valence-electron chi connectivity index (χ2n) is 7.17. The molecule has 0 aliphatic carbocycles. The molecule has 5 nitrogen and oxygen atoms in total. The predicted molar refractivity (Wildman–Crippen MR) is 115 cm³/mol. The number of aromatic nitrogens is 1. The lowest BCUT2D eigenvalue weighted by Gasteiger charge is -2.13. The smallest absolute Gasteiger partial charge is 0.253 e. The van der Waals surface area contributed by atoms with E-state index in [-0.39, 0.29) is 18.2 Å². The number of hydrogen-bond acceptors (Lipinski definition) is 2. The number of amides is 2. The minimum Gasteiger partial charge on any atom is -0.352 e. The Morgan fingerprint density at radius 2 is 1.59 bits per heavy atom. The monoisotopic (exact) mass is 389 g/mol. The molecule has 5 heteroatoms. The van der Waals surface area contributed by atoms with E-state index >= 15 is 0 Å². The normalized spacial score (nSPS) is 10.6. The Morgan fingerprint density at radius 3 is 2.31 bits per heavy atom. The molecule has 1 aromatic heterocycles. The minimum absolute atomic E-state index is 0.0838. The average molecular weight is 389 g/mol. The van der Waals surface area contributed by atoms with Crippen LogP contribution in [-0.2, 0) is 11.3 Å². The number of rotatable bonds is 7. The third kappa shape index (κ3) is 4.93. The lowest BCUT2D eigenvalue weighted by atomic mass is 10.2. The number of para-hydroxylation sites is 1. The van der Waals surface area contributed by atoms with E-state index < -0.39 is 0 Å². The van der Waals surface area contributed by atoms with Gasteiger partial charge in [-0.15, -0.1) is 0 Å². The van der Waals surface area contributed by atoms with Crippen molar-refractivity contribution in [2.45, 2.75) is 33.7 Å². The highest BCUT2D eigenvalue weighted by atomic mass is 16.2. The summed E-state index contributed by atoms with van der Waals surface area (Å²) in [6, 6.07) is 19.8. The molecule has 2 aromatic carbocycles. The summed E-state index contributed by atoms with van der Waals surface area (Å²) in [4.78, 5) is 24.7. The van der Waals surface area contributed by atoms with Crippen molar-refractivity contribution in [3.63, 3.8) is 0 Å². The van der Waals surface area contributed by atoms with Gasteiger partial charge in [-0.05, 0) is 44.0 Å². The number of aryl methyl sites for hydroxylation is 2. The van der Waals surface area contributed by atoms with Gasteiger partial charge < -0.3 is 15.2 Å². The summed E-state index contributed by atoms with van der Waals surface area (Å²) in [5.74, 6) is -0.242. The van der Waals surface area contributed by atoms with E-state index in [2.05, 4.69) is 28.2 Å². The first-order chi connectivity index (χ1) is 14.0. The van der Waals surface area contributed by atoms with Crippen molar-refractivity contribution in [2.24, 2.45) is 0 Å². The van der Waals surface area contributed by atoms with E-state index in [0.717, 1.165) is 28.2 Å². The lowest BCUT2D eigenvalue weighted by Crippen LogP contribution is -2.30. The van der Waals surface area contributed by atoms with Crippen LogP contribution in [0.1, 0.15) is 39.3 Å². The molecule has 0 fully saturated rings. The number of benzene rings is 2. The van der Waals surface area contributed by atoms with Gasteiger partial charge in [0.2, 0.25) is 5.91 Å². The number of nitrogens with zero attached hydrogens (tertiary/aromatic N) is 1. The minimum atomic E-state index is -0.159. The molecular formula is C24H27N3O2. The molecule has 0 aliphatic rings. The zero-order chi connectivity index (χ0) is 20.8. The zero-order valence-corrected chi connectivity index (χ0v) is 17.2. The van der Waals surface area contributed by atoms with Gasteiger partial charge >= 0.3 is 0 Å². The van der Waals surface area contributed by atoms with Crippen LogP contribution < -0.4 is 10.6 Å². The highest BCUT2D eigenvalue weighted by Crippen LogP contribution is 2.23. The molecule has 2 N–H and O–H groups in total. The van der Waals surface area contributed by atoms with Crippen LogP contribution >= 0.6 is 0 Å². The Kier molecular flexibility index (Phi) is 6.50. The number of carbonyl (C=O) groups is 2. The van der Waals surface area contributed by atoms with Gasteiger partial charge in [0.25, 0.3) is 5.91 Å². The highest BCUT2D eigenvalue weighted by Gasteiger charge is 2.17. The van der Waals surface area contributed by atoms with Crippen LogP contribution in [0.2, 0.25) is 0 Å². The average Bonchev–Trinajstić information content (AvgIpc) is 3.02. The Balaban J connectivity index is 1.57. The second kappa shape index (κ2) is 9.24. The van der Waals surface area contributed by atoms with Gasteiger partial charge in [0, 0.05) is 36.6 Å². The van der Waals surface area contributed by atoms with Crippen molar-refractivity contribution in [3.05, 3.63) is 88.7 Å². The molecule has 2 amide bonds. The third-order valence-corrected chi connectivity index (χ3v) is 5.00. The maximum atomic E-state index is 12.7. The van der Waals surface area contributed by atoms with Gasteiger partial charge in [-0.1, -0.05) is 48.5 Å². The predicted octanol–water partition coefficient (Wildman–Crippen LogP) is 3.84. The molecule has 0 bridgehead atoms. The Labute approximate surface area is 171 Å². The fourth-order valence-corrected chi connectivity index (χ4v) is 3.45. The first-order valence-electron chi connectivity index (χ1n) is 9.81. The zero-order valence-electron chi connectivity index (χ0n) is 17.2. The summed E-state index contributed by atoms with van der Waals surface area (Å²) in [6.07, 6.45) is 0.245. The van der Waals surface area contributed by atoms with Crippen LogP contribution in [0.3, 0.4) is 0 Å². The van der Waals surface area contributed by atoms with E-state index in [1.807, 2.05) is 68.4 Å². The van der Waals surface area contributed by atoms with Gasteiger partial charge in [0.1, 0.15) is 0 Å². The summed E-state index contributed by atoms with van der Waals surface area (Å²) in [5, 5.41) is 5.73. The van der Waals surface area contributed by atoms with E-state index in [0.29, 0.717) is 18.7 Å². The fourth-order valence-electron chi connectivity index (χ4n) is 3.45. The van der Waals surface area contributed by atoms with Crippen LogP contribution in [0, 0.1) is 20.8 Å². The van der Waals surface area contributed by atoms with Gasteiger partial charge in [-0.3, -0.25) is 9.59 Å². The molecule has 0 unspecified atom stereocenters. The van der Waals surface area contributed by atoms with Gasteiger partial charge in [-0.2, -0.15) is 0 Å². The molecule has 0 saturated carbocycles. The topological polar surface area (TPSA) is 63.1 Å². The molecule has 3 aromatic rings. The summed E-state index contributed by atoms with van der Waals surface area (Å²) >= 11 is 0. The van der Waals surface area contributed by atoms with Crippen LogP contribution in [0.25, 0.3) is 5.69 Å². The van der Waals surface area contributed by atoms with Crippen LogP contribution in [0.5, 0.6) is 0 Å². The van der Waals surface area contributed by atoms with Gasteiger partial charge in [0.05, 0.1) is 5.56 Å². The van der Waals surface area contributed by atoms with Crippen molar-refractivity contribution in [1.82, 2.24) is 15.2 Å². The van der Waals surface area contributed by atoms with Crippen molar-refractivity contribution in [1.29, 1.82) is 0 Å². The van der Waals surface area contributed by atoms with Gasteiger partial charge in [0.15, 0.2) is 0 Å². The molecule has 29 heavy (non-hydrogen) atoms. The molecule has 0 atom stereocenters. The van der Waals surface area contributed by atoms with Crippen molar-refractivity contribution in [3.8, 4) is 5.69 Å². The summed E-state index contributed by atoms with van der Waals surface area (Å²) < 4.78 is 2.09. The molecule has 3 rings (SSSR count). The van der Waals surface area contributed by atoms with Crippen LogP contribution in [0.4, 0.5) is 0 Å². The molecule has 1 heterocycles. The maximum Gasteiger partial charge on any atom is 0.253 e. The summed E-state index contributed by atoms with van der Waals surface area (Å²) in [5.41, 5.74) is 5.80. The molecular weight excluding hydrogens is 362 g/mol. The van der Waals surface area contributed by atoms with E-state index in [1.165, 1.54) is 0 Å². The highest BCUT2D eigenvalue weighted by molar-refractivity contribution is 5.96. The van der Waals surface area contributed by atoms with Crippen molar-refractivity contribution >= 4 is 11.8 Å². The van der Waals surface area contributed by atoms with E-state index in [9.17, 15) is 9.59 Å². The maximum absolute atomic E-state index is 12.7. The third-order valence-electron chi connectivity index (χ3n) is 5.00. The van der Waals surface area contributed by atoms with Gasteiger partial charge in [-0.25, -0.2) is 0 Å². The standard InChI is InChI=1S/C24H27N3O2/c1-17-9-7-8-12-22(17)27-18(2)15-21(19(27)3)24(29)25-14-13-23(28)26-16-20-10-5-4-6-11-20/h4-12,15H,13-14,16H2,1-3H3,(H,25,29)(H,26,28). The number of hydrogen-bond donors (Lipinski definition) is 2. The largest absolute Gasteiger partial charge is 0.352 e. The van der Waals surface area contributed by atoms with E-state index in [1.54, 1.807) is 0 Å². The van der Waals surface area contributed by atoms with Crippen molar-refractivity contribution in [2.75, 3.05) is 6.54 Å². The number of nitrogens with one attached hydrogen (secondary N) is 2. The quantitative estimate of drug-likeness (QED) is 0.645. The first-order valence-corrected chi connectivity index (χ1v) is 9.81. The second-order valence-corrected chi connectivity index (χ2v) is 7.17. The Bertz CT molecular complexity index is 1010. The first kappa shape index (κ1) is 20.4. The summed E-state index contributed by atoms with van der Waals surface area (Å²) in [6.45, 7) is 6.79. The van der Waals surface area contributed by atoms with Crippen molar-refractivity contribution < 1.29 is 9.59 Å². The fraction of sp³-hybridized carbons (Fsp3) is 0.250. The Hall–Kier alpha value is -3.34. The molecule has 150 valence electrons. The lowest BCUT2D eigenvalue weighted by molar-refractivity contribution is -0.121. The molecule has 0 aliphatic heterocycles. The summed E-state index contributed by atoms with van der Waals surface area (Å²) in [7, 11) is 0. The SMILES string of the molecule is Cc1ccccc1-n1c(C)cc(C(=O)NCCC(=O)NCc2ccccc2)c1C. The molecule has 0 saturated heterocycles. The van der Waals surface area contributed by atoms with Crippen LogP contribution in [0.15, 0.2) is 60.7 Å².